The van der Waals surface area contributed by atoms with Crippen LogP contribution < -0.4 is 0 Å². The van der Waals surface area contributed by atoms with Gasteiger partial charge in [-0.1, -0.05) is 0 Å². The molecule has 8 heteroatoms. The van der Waals surface area contributed by atoms with Crippen LogP contribution >= 0.6 is 0 Å². The molecule has 2 N–H and O–H groups in total. The van der Waals surface area contributed by atoms with E-state index >= 15 is 0 Å². The number of aliphatic hydroxyl groups is 2. The van der Waals surface area contributed by atoms with Gasteiger partial charge in [-0.15, -0.1) is 0 Å². The van der Waals surface area contributed by atoms with E-state index in [0.717, 1.165) is 0 Å². The summed E-state index contributed by atoms with van der Waals surface area (Å²) in [4.78, 5) is 23.6. The molecule has 0 atom stereocenters. The Labute approximate surface area is 137 Å². The largest absolute Gasteiger partial charge is 0.450 e. The normalized spacial score (nSPS) is 10.9. The minimum Gasteiger partial charge on any atom is -0.450 e. The van der Waals surface area contributed by atoms with Gasteiger partial charge in [-0.3, -0.25) is 9.59 Å². The summed E-state index contributed by atoms with van der Waals surface area (Å²) in [6.45, 7) is -0.582. The van der Waals surface area contributed by atoms with Crippen LogP contribution in [0.2, 0.25) is 0 Å². The molecule has 0 bridgehead atoms. The highest BCUT2D eigenvalue weighted by atomic mass is 16.5. The van der Waals surface area contributed by atoms with Gasteiger partial charge in [0.05, 0.1) is 26.4 Å². The van der Waals surface area contributed by atoms with Crippen LogP contribution in [0.5, 0.6) is 0 Å². The molecule has 0 fully saturated rings. The predicted molar refractivity (Wildman–Crippen MR) is 80.9 cm³/mol. The van der Waals surface area contributed by atoms with E-state index in [1.807, 2.05) is 0 Å². The third-order valence-corrected chi connectivity index (χ3v) is 2.94. The molecule has 2 rings (SSSR count). The zero-order chi connectivity index (χ0) is 17.4. The Morgan fingerprint density at radius 3 is 1.58 bits per heavy atom. The predicted octanol–water partition coefficient (Wildman–Crippen LogP) is 0.923. The Balaban J connectivity index is 1.98. The first kappa shape index (κ1) is 18.1. The molecule has 2 aromatic rings. The van der Waals surface area contributed by atoms with E-state index in [-0.39, 0.29) is 62.7 Å². The molecule has 2 heterocycles. The SMILES string of the molecule is O=C(COCCO)c1ccc(-c2ccc(C(=O)COCCO)o2)o1. The van der Waals surface area contributed by atoms with Gasteiger partial charge in [-0.25, -0.2) is 0 Å². The Hall–Kier alpha value is -2.26. The van der Waals surface area contributed by atoms with E-state index in [1.54, 1.807) is 12.1 Å². The Bertz CT molecular complexity index is 611. The van der Waals surface area contributed by atoms with E-state index in [0.29, 0.717) is 11.5 Å². The van der Waals surface area contributed by atoms with Gasteiger partial charge in [-0.05, 0) is 24.3 Å². The average Bonchev–Trinajstić information content (AvgIpc) is 3.24. The smallest absolute Gasteiger partial charge is 0.223 e. The van der Waals surface area contributed by atoms with Crippen molar-refractivity contribution in [2.75, 3.05) is 39.6 Å². The van der Waals surface area contributed by atoms with Crippen molar-refractivity contribution < 1.29 is 38.1 Å². The highest BCUT2D eigenvalue weighted by molar-refractivity contribution is 5.95. The lowest BCUT2D eigenvalue weighted by molar-refractivity contribution is 0.0635. The Morgan fingerprint density at radius 2 is 1.21 bits per heavy atom. The Kier molecular flexibility index (Phi) is 6.89. The topological polar surface area (TPSA) is 119 Å². The lowest BCUT2D eigenvalue weighted by atomic mass is 10.3. The fourth-order valence-electron chi connectivity index (χ4n) is 1.84. The summed E-state index contributed by atoms with van der Waals surface area (Å²) in [5.41, 5.74) is 0. The molecule has 2 aromatic heterocycles. The number of carbonyl (C=O) groups excluding carboxylic acids is 2. The highest BCUT2D eigenvalue weighted by Crippen LogP contribution is 2.25. The molecule has 0 spiro atoms. The maximum Gasteiger partial charge on any atom is 0.223 e. The highest BCUT2D eigenvalue weighted by Gasteiger charge is 2.17. The van der Waals surface area contributed by atoms with Crippen LogP contribution in [0.15, 0.2) is 33.1 Å². The summed E-state index contributed by atoms with van der Waals surface area (Å²) in [6.07, 6.45) is 0. The van der Waals surface area contributed by atoms with E-state index in [1.165, 1.54) is 12.1 Å². The van der Waals surface area contributed by atoms with Crippen molar-refractivity contribution in [3.63, 3.8) is 0 Å². The van der Waals surface area contributed by atoms with E-state index in [2.05, 4.69) is 0 Å². The van der Waals surface area contributed by atoms with Gasteiger partial charge >= 0.3 is 0 Å². The second-order valence-corrected chi connectivity index (χ2v) is 4.73. The third kappa shape index (κ3) is 4.87. The van der Waals surface area contributed by atoms with Crippen molar-refractivity contribution in [1.29, 1.82) is 0 Å². The number of hydrogen-bond donors (Lipinski definition) is 2. The molecular formula is C16H18O8. The minimum atomic E-state index is -0.366. The van der Waals surface area contributed by atoms with Crippen LogP contribution in [-0.2, 0) is 9.47 Å². The van der Waals surface area contributed by atoms with Crippen molar-refractivity contribution in [1.82, 2.24) is 0 Å². The number of furan rings is 2. The number of ketones is 2. The van der Waals surface area contributed by atoms with E-state index in [9.17, 15) is 9.59 Å². The van der Waals surface area contributed by atoms with Gasteiger partial charge in [0.2, 0.25) is 11.6 Å². The number of hydrogen-bond acceptors (Lipinski definition) is 8. The Morgan fingerprint density at radius 1 is 0.792 bits per heavy atom. The number of carbonyl (C=O) groups is 2. The molecule has 0 aliphatic carbocycles. The van der Waals surface area contributed by atoms with Crippen molar-refractivity contribution in [2.24, 2.45) is 0 Å². The molecule has 0 unspecified atom stereocenters. The zero-order valence-corrected chi connectivity index (χ0v) is 12.9. The second-order valence-electron chi connectivity index (χ2n) is 4.73. The van der Waals surface area contributed by atoms with Gasteiger partial charge in [0.15, 0.2) is 23.0 Å². The molecule has 130 valence electrons. The molecule has 0 aromatic carbocycles. The van der Waals surface area contributed by atoms with Crippen LogP contribution in [0.1, 0.15) is 21.1 Å². The van der Waals surface area contributed by atoms with Crippen LogP contribution in [-0.4, -0.2) is 61.4 Å². The molecule has 0 saturated carbocycles. The van der Waals surface area contributed by atoms with Crippen LogP contribution in [0.3, 0.4) is 0 Å². The van der Waals surface area contributed by atoms with Crippen LogP contribution in [0.4, 0.5) is 0 Å². The molecule has 8 nitrogen and oxygen atoms in total. The third-order valence-electron chi connectivity index (χ3n) is 2.94. The lowest BCUT2D eigenvalue weighted by Crippen LogP contribution is -2.10. The van der Waals surface area contributed by atoms with Crippen molar-refractivity contribution >= 4 is 11.6 Å². The molecule has 0 aliphatic heterocycles. The summed E-state index contributed by atoms with van der Waals surface area (Å²) < 4.78 is 20.7. The maximum atomic E-state index is 11.8. The van der Waals surface area contributed by atoms with Crippen molar-refractivity contribution in [3.8, 4) is 11.5 Å². The van der Waals surface area contributed by atoms with Gasteiger partial charge < -0.3 is 28.5 Å². The molecular weight excluding hydrogens is 320 g/mol. The first-order chi connectivity index (χ1) is 11.7. The van der Waals surface area contributed by atoms with Gasteiger partial charge in [-0.2, -0.15) is 0 Å². The maximum absolute atomic E-state index is 11.8. The minimum absolute atomic E-state index is 0.0707. The summed E-state index contributed by atoms with van der Waals surface area (Å²) in [7, 11) is 0. The standard InChI is InChI=1S/C16H18O8/c17-5-7-21-9-11(19)13-1-3-15(23-13)16-4-2-14(24-16)12(20)10-22-8-6-18/h1-4,17-18H,5-10H2. The fraction of sp³-hybridized carbons (Fsp3) is 0.375. The van der Waals surface area contributed by atoms with E-state index in [4.69, 9.17) is 28.5 Å². The van der Waals surface area contributed by atoms with Crippen molar-refractivity contribution in [3.05, 3.63) is 35.8 Å². The van der Waals surface area contributed by atoms with Gasteiger partial charge in [0.25, 0.3) is 0 Å². The molecule has 24 heavy (non-hydrogen) atoms. The van der Waals surface area contributed by atoms with Gasteiger partial charge in [0.1, 0.15) is 13.2 Å². The number of aliphatic hydroxyl groups excluding tert-OH is 2. The quantitative estimate of drug-likeness (QED) is 0.458. The summed E-state index contributed by atoms with van der Waals surface area (Å²) in [5.74, 6) is 0.0635. The number of Topliss-reactive ketones (excluding diaryl/α,β-unsaturated/α-hetero) is 2. The zero-order valence-electron chi connectivity index (χ0n) is 12.9. The molecule has 0 radical (unpaired) electrons. The van der Waals surface area contributed by atoms with E-state index < -0.39 is 0 Å². The first-order valence-corrected chi connectivity index (χ1v) is 7.29. The first-order valence-electron chi connectivity index (χ1n) is 7.29. The summed E-state index contributed by atoms with van der Waals surface area (Å²) in [6, 6.07) is 6.06. The van der Waals surface area contributed by atoms with Crippen LogP contribution in [0, 0.1) is 0 Å². The lowest BCUT2D eigenvalue weighted by Gasteiger charge is -1.99. The monoisotopic (exact) mass is 338 g/mol. The van der Waals surface area contributed by atoms with Crippen molar-refractivity contribution in [2.45, 2.75) is 0 Å². The molecule has 0 saturated heterocycles. The fourth-order valence-corrected chi connectivity index (χ4v) is 1.84. The van der Waals surface area contributed by atoms with Crippen LogP contribution in [0.25, 0.3) is 11.5 Å². The second kappa shape index (κ2) is 9.14. The summed E-state index contributed by atoms with van der Waals surface area (Å²) >= 11 is 0. The number of rotatable bonds is 11. The average molecular weight is 338 g/mol. The molecule has 0 amide bonds. The van der Waals surface area contributed by atoms with Gasteiger partial charge in [0, 0.05) is 0 Å². The summed E-state index contributed by atoms with van der Waals surface area (Å²) in [5, 5.41) is 17.2. The number of ether oxygens (including phenoxy) is 2. The molecule has 0 aliphatic rings.